The summed E-state index contributed by atoms with van der Waals surface area (Å²) < 4.78 is 31.8. The normalized spacial score (nSPS) is 11.1. The molecular formula is C20H26N2O4S. The largest absolute Gasteiger partial charge is 0.494 e. The molecule has 2 rings (SSSR count). The molecule has 0 aliphatic rings. The summed E-state index contributed by atoms with van der Waals surface area (Å²) in [4.78, 5) is 14.3. The molecule has 1 N–H and O–H groups in total. The molecule has 0 spiro atoms. The van der Waals surface area contributed by atoms with Crippen LogP contribution in [0.2, 0.25) is 0 Å². The predicted octanol–water partition coefficient (Wildman–Crippen LogP) is 3.51. The van der Waals surface area contributed by atoms with Gasteiger partial charge < -0.3 is 9.64 Å². The Labute approximate surface area is 161 Å². The summed E-state index contributed by atoms with van der Waals surface area (Å²) in [6.07, 6.45) is 0.527. The lowest BCUT2D eigenvalue weighted by molar-refractivity contribution is 0.0785. The highest BCUT2D eigenvalue weighted by Gasteiger charge is 2.14. The molecule has 0 unspecified atom stereocenters. The fraction of sp³-hybridized carbons (Fsp3) is 0.350. The zero-order chi connectivity index (χ0) is 19.9. The van der Waals surface area contributed by atoms with Gasteiger partial charge in [-0.3, -0.25) is 9.52 Å². The standard InChI is InChI=1S/C20H26N2O4S/c1-4-13-27(24,25)21-18-8-6-7-17(14-18)20(23)22(3)15-16-9-11-19(12-10-16)26-5-2/h6-12,14,21H,4-5,13,15H2,1-3H3. The second-order valence-electron chi connectivity index (χ2n) is 6.24. The first-order valence-corrected chi connectivity index (χ1v) is 10.6. The molecule has 0 bridgehead atoms. The first-order chi connectivity index (χ1) is 12.8. The van der Waals surface area contributed by atoms with Gasteiger partial charge in [-0.1, -0.05) is 25.1 Å². The van der Waals surface area contributed by atoms with Crippen molar-refractivity contribution in [1.29, 1.82) is 0 Å². The van der Waals surface area contributed by atoms with E-state index in [9.17, 15) is 13.2 Å². The SMILES string of the molecule is CCCS(=O)(=O)Nc1cccc(C(=O)N(C)Cc2ccc(OCC)cc2)c1. The highest BCUT2D eigenvalue weighted by atomic mass is 32.2. The van der Waals surface area contributed by atoms with Crippen LogP contribution in [0.4, 0.5) is 5.69 Å². The number of benzene rings is 2. The molecule has 0 fully saturated rings. The van der Waals surface area contributed by atoms with Crippen LogP contribution in [0.5, 0.6) is 5.75 Å². The Bertz CT molecular complexity index is 864. The average Bonchev–Trinajstić information content (AvgIpc) is 2.62. The summed E-state index contributed by atoms with van der Waals surface area (Å²) in [7, 11) is -1.68. The predicted molar refractivity (Wildman–Crippen MR) is 108 cm³/mol. The minimum absolute atomic E-state index is 0.0445. The van der Waals surface area contributed by atoms with Crippen molar-refractivity contribution in [2.75, 3.05) is 24.1 Å². The molecule has 7 heteroatoms. The van der Waals surface area contributed by atoms with E-state index in [1.807, 2.05) is 31.2 Å². The van der Waals surface area contributed by atoms with Crippen molar-refractivity contribution < 1.29 is 17.9 Å². The van der Waals surface area contributed by atoms with Gasteiger partial charge in [0.15, 0.2) is 0 Å². The van der Waals surface area contributed by atoms with Crippen LogP contribution in [0.1, 0.15) is 36.2 Å². The number of rotatable bonds is 9. The molecule has 0 aromatic heterocycles. The van der Waals surface area contributed by atoms with Crippen LogP contribution in [0.15, 0.2) is 48.5 Å². The van der Waals surface area contributed by atoms with E-state index in [-0.39, 0.29) is 11.7 Å². The lowest BCUT2D eigenvalue weighted by atomic mass is 10.1. The van der Waals surface area contributed by atoms with E-state index < -0.39 is 10.0 Å². The van der Waals surface area contributed by atoms with Crippen molar-refractivity contribution in [3.63, 3.8) is 0 Å². The van der Waals surface area contributed by atoms with Crippen molar-refractivity contribution >= 4 is 21.6 Å². The Balaban J connectivity index is 2.06. The molecule has 2 aromatic rings. The third-order valence-corrected chi connectivity index (χ3v) is 5.35. The van der Waals surface area contributed by atoms with Crippen LogP contribution in [0.25, 0.3) is 0 Å². The summed E-state index contributed by atoms with van der Waals surface area (Å²) in [5, 5.41) is 0. The van der Waals surface area contributed by atoms with E-state index in [4.69, 9.17) is 4.74 Å². The minimum atomic E-state index is -3.39. The van der Waals surface area contributed by atoms with E-state index in [1.54, 1.807) is 43.1 Å². The number of nitrogens with one attached hydrogen (secondary N) is 1. The van der Waals surface area contributed by atoms with Crippen LogP contribution in [-0.2, 0) is 16.6 Å². The number of carbonyl (C=O) groups is 1. The van der Waals surface area contributed by atoms with Gasteiger partial charge in [-0.2, -0.15) is 0 Å². The second kappa shape index (κ2) is 9.41. The van der Waals surface area contributed by atoms with Crippen LogP contribution in [0, 0.1) is 0 Å². The van der Waals surface area contributed by atoms with Gasteiger partial charge in [0.1, 0.15) is 5.75 Å². The van der Waals surface area contributed by atoms with E-state index in [1.165, 1.54) is 0 Å². The summed E-state index contributed by atoms with van der Waals surface area (Å²) >= 11 is 0. The van der Waals surface area contributed by atoms with E-state index in [0.717, 1.165) is 11.3 Å². The zero-order valence-corrected chi connectivity index (χ0v) is 16.8. The van der Waals surface area contributed by atoms with Gasteiger partial charge in [0.05, 0.1) is 12.4 Å². The maximum atomic E-state index is 12.7. The first-order valence-electron chi connectivity index (χ1n) is 8.92. The third-order valence-electron chi connectivity index (χ3n) is 3.86. The number of amides is 1. The number of hydrogen-bond donors (Lipinski definition) is 1. The Morgan fingerprint density at radius 2 is 1.81 bits per heavy atom. The van der Waals surface area contributed by atoms with E-state index in [2.05, 4.69) is 4.72 Å². The van der Waals surface area contributed by atoms with Crippen LogP contribution < -0.4 is 9.46 Å². The summed E-state index contributed by atoms with van der Waals surface area (Å²) in [6.45, 7) is 4.78. The van der Waals surface area contributed by atoms with Gasteiger partial charge in [-0.05, 0) is 49.2 Å². The number of hydrogen-bond acceptors (Lipinski definition) is 4. The molecule has 146 valence electrons. The molecule has 6 nitrogen and oxygen atoms in total. The van der Waals surface area contributed by atoms with Gasteiger partial charge >= 0.3 is 0 Å². The number of ether oxygens (including phenoxy) is 1. The monoisotopic (exact) mass is 390 g/mol. The maximum Gasteiger partial charge on any atom is 0.253 e. The van der Waals surface area contributed by atoms with E-state index in [0.29, 0.717) is 30.8 Å². The van der Waals surface area contributed by atoms with Gasteiger partial charge in [0.2, 0.25) is 10.0 Å². The van der Waals surface area contributed by atoms with Crippen LogP contribution in [-0.4, -0.2) is 38.6 Å². The Morgan fingerprint density at radius 3 is 2.44 bits per heavy atom. The third kappa shape index (κ3) is 6.29. The number of nitrogens with zero attached hydrogens (tertiary/aromatic N) is 1. The molecule has 0 saturated heterocycles. The van der Waals surface area contributed by atoms with Crippen LogP contribution in [0.3, 0.4) is 0 Å². The molecule has 27 heavy (non-hydrogen) atoms. The van der Waals surface area contributed by atoms with Crippen molar-refractivity contribution in [1.82, 2.24) is 4.90 Å². The van der Waals surface area contributed by atoms with Gasteiger partial charge in [-0.15, -0.1) is 0 Å². The maximum absolute atomic E-state index is 12.7. The molecule has 0 aliphatic carbocycles. The molecule has 2 aromatic carbocycles. The zero-order valence-electron chi connectivity index (χ0n) is 15.9. The highest BCUT2D eigenvalue weighted by molar-refractivity contribution is 7.92. The number of carbonyl (C=O) groups excluding carboxylic acids is 1. The number of sulfonamides is 1. The van der Waals surface area contributed by atoms with Gasteiger partial charge in [0.25, 0.3) is 5.91 Å². The quantitative estimate of drug-likeness (QED) is 0.711. The van der Waals surface area contributed by atoms with Crippen molar-refractivity contribution in [3.8, 4) is 5.75 Å². The molecule has 0 radical (unpaired) electrons. The topological polar surface area (TPSA) is 75.7 Å². The Morgan fingerprint density at radius 1 is 1.11 bits per heavy atom. The van der Waals surface area contributed by atoms with Crippen molar-refractivity contribution in [2.24, 2.45) is 0 Å². The van der Waals surface area contributed by atoms with Gasteiger partial charge in [-0.25, -0.2) is 8.42 Å². The Hall–Kier alpha value is -2.54. The first kappa shape index (κ1) is 20.8. The second-order valence-corrected chi connectivity index (χ2v) is 8.08. The smallest absolute Gasteiger partial charge is 0.253 e. The Kier molecular flexibility index (Phi) is 7.24. The summed E-state index contributed by atoms with van der Waals surface area (Å²) in [5.74, 6) is 0.658. The fourth-order valence-electron chi connectivity index (χ4n) is 2.64. The fourth-order valence-corrected chi connectivity index (χ4v) is 3.76. The molecular weight excluding hydrogens is 364 g/mol. The van der Waals surface area contributed by atoms with E-state index >= 15 is 0 Å². The highest BCUT2D eigenvalue weighted by Crippen LogP contribution is 2.17. The molecule has 1 amide bonds. The van der Waals surface area contributed by atoms with Crippen molar-refractivity contribution in [2.45, 2.75) is 26.8 Å². The lowest BCUT2D eigenvalue weighted by Gasteiger charge is -2.18. The lowest BCUT2D eigenvalue weighted by Crippen LogP contribution is -2.26. The molecule has 0 heterocycles. The minimum Gasteiger partial charge on any atom is -0.494 e. The summed E-state index contributed by atoms with van der Waals surface area (Å²) in [6, 6.07) is 14.1. The molecule has 0 atom stereocenters. The van der Waals surface area contributed by atoms with Crippen molar-refractivity contribution in [3.05, 3.63) is 59.7 Å². The number of anilines is 1. The average molecular weight is 391 g/mol. The van der Waals surface area contributed by atoms with Gasteiger partial charge in [0, 0.05) is 24.8 Å². The molecule has 0 saturated carbocycles. The van der Waals surface area contributed by atoms with Crippen LogP contribution >= 0.6 is 0 Å². The molecule has 0 aliphatic heterocycles. The summed E-state index contributed by atoms with van der Waals surface area (Å²) in [5.41, 5.74) is 1.80.